The highest BCUT2D eigenvalue weighted by molar-refractivity contribution is 5.79. The normalized spacial score (nSPS) is 17.6. The van der Waals surface area contributed by atoms with E-state index < -0.39 is 0 Å². The molecule has 0 radical (unpaired) electrons. The molecule has 0 spiro atoms. The molecule has 0 saturated heterocycles. The molecule has 3 heteroatoms. The number of Topliss-reactive ketones (excluding diaryl/α,β-unsaturated/α-hetero) is 1. The number of rotatable bonds is 5. The first kappa shape index (κ1) is 12.1. The highest BCUT2D eigenvalue weighted by Crippen LogP contribution is 2.31. The lowest BCUT2D eigenvalue weighted by molar-refractivity contribution is -0.123. The minimum atomic E-state index is 0.142. The summed E-state index contributed by atoms with van der Waals surface area (Å²) in [6.45, 7) is 2.29. The van der Waals surface area contributed by atoms with Crippen LogP contribution in [0.1, 0.15) is 24.0 Å². The Labute approximate surface area is 102 Å². The van der Waals surface area contributed by atoms with E-state index in [0.717, 1.165) is 18.6 Å². The molecule has 0 fully saturated rings. The van der Waals surface area contributed by atoms with E-state index in [1.807, 2.05) is 6.07 Å². The molecule has 0 amide bonds. The van der Waals surface area contributed by atoms with E-state index in [-0.39, 0.29) is 18.5 Å². The summed E-state index contributed by atoms with van der Waals surface area (Å²) in [5, 5.41) is 0. The fourth-order valence-corrected chi connectivity index (χ4v) is 2.17. The fourth-order valence-electron chi connectivity index (χ4n) is 2.17. The minimum absolute atomic E-state index is 0.142. The molecule has 1 atom stereocenters. The van der Waals surface area contributed by atoms with Crippen molar-refractivity contribution in [3.8, 4) is 5.75 Å². The monoisotopic (exact) mass is 234 g/mol. The molecule has 2 rings (SSSR count). The molecule has 0 aromatic heterocycles. The summed E-state index contributed by atoms with van der Waals surface area (Å²) in [4.78, 5) is 11.3. The van der Waals surface area contributed by atoms with E-state index in [2.05, 4.69) is 19.1 Å². The molecule has 0 N–H and O–H groups in total. The van der Waals surface area contributed by atoms with E-state index >= 15 is 0 Å². The van der Waals surface area contributed by atoms with Crippen LogP contribution in [0.3, 0.4) is 0 Å². The van der Waals surface area contributed by atoms with E-state index in [0.29, 0.717) is 6.42 Å². The van der Waals surface area contributed by atoms with Gasteiger partial charge in [0.05, 0.1) is 0 Å². The quantitative estimate of drug-likeness (QED) is 0.784. The van der Waals surface area contributed by atoms with Gasteiger partial charge >= 0.3 is 0 Å². The van der Waals surface area contributed by atoms with Gasteiger partial charge < -0.3 is 9.47 Å². The first-order valence-corrected chi connectivity index (χ1v) is 5.96. The molecule has 1 unspecified atom stereocenters. The highest BCUT2D eigenvalue weighted by Gasteiger charge is 2.23. The number of methoxy groups -OCH3 is 1. The maximum absolute atomic E-state index is 11.3. The molecular formula is C14H18O3. The summed E-state index contributed by atoms with van der Waals surface area (Å²) in [5.41, 5.74) is 2.51. The van der Waals surface area contributed by atoms with Gasteiger partial charge in [0, 0.05) is 20.0 Å². The van der Waals surface area contributed by atoms with Crippen LogP contribution in [-0.4, -0.2) is 25.6 Å². The Morgan fingerprint density at radius 2 is 2.35 bits per heavy atom. The number of hydrogen-bond donors (Lipinski definition) is 0. The van der Waals surface area contributed by atoms with Crippen molar-refractivity contribution in [3.05, 3.63) is 29.3 Å². The van der Waals surface area contributed by atoms with Gasteiger partial charge in [-0.25, -0.2) is 0 Å². The zero-order valence-corrected chi connectivity index (χ0v) is 10.4. The summed E-state index contributed by atoms with van der Waals surface area (Å²) >= 11 is 0. The number of hydrogen-bond acceptors (Lipinski definition) is 3. The van der Waals surface area contributed by atoms with Crippen molar-refractivity contribution in [2.75, 3.05) is 13.7 Å². The number of ketones is 1. The van der Waals surface area contributed by atoms with Crippen LogP contribution in [0.25, 0.3) is 0 Å². The predicted octanol–water partition coefficient (Wildman–Crippen LogP) is 2.29. The number of carbonyl (C=O) groups is 1. The van der Waals surface area contributed by atoms with E-state index in [9.17, 15) is 4.79 Å². The number of fused-ring (bicyclic) bond motifs is 1. The van der Waals surface area contributed by atoms with Gasteiger partial charge in [-0.05, 0) is 25.0 Å². The van der Waals surface area contributed by atoms with Gasteiger partial charge in [-0.3, -0.25) is 4.79 Å². The SMILES string of the molecule is COCC(=O)CCC1Cc2cc(C)ccc2O1. The third-order valence-electron chi connectivity index (χ3n) is 3.01. The Kier molecular flexibility index (Phi) is 3.79. The smallest absolute Gasteiger partial charge is 0.158 e. The summed E-state index contributed by atoms with van der Waals surface area (Å²) in [7, 11) is 1.54. The molecule has 1 aliphatic heterocycles. The van der Waals surface area contributed by atoms with E-state index in [1.165, 1.54) is 11.1 Å². The summed E-state index contributed by atoms with van der Waals surface area (Å²) in [5.74, 6) is 1.11. The largest absolute Gasteiger partial charge is 0.490 e. The summed E-state index contributed by atoms with van der Waals surface area (Å²) < 4.78 is 10.6. The van der Waals surface area contributed by atoms with Gasteiger partial charge in [0.15, 0.2) is 5.78 Å². The van der Waals surface area contributed by atoms with E-state index in [4.69, 9.17) is 9.47 Å². The van der Waals surface area contributed by atoms with Crippen molar-refractivity contribution in [3.63, 3.8) is 0 Å². The average molecular weight is 234 g/mol. The van der Waals surface area contributed by atoms with Gasteiger partial charge in [-0.1, -0.05) is 17.7 Å². The molecule has 3 nitrogen and oxygen atoms in total. The topological polar surface area (TPSA) is 35.5 Å². The van der Waals surface area contributed by atoms with Gasteiger partial charge in [-0.2, -0.15) is 0 Å². The van der Waals surface area contributed by atoms with E-state index in [1.54, 1.807) is 7.11 Å². The van der Waals surface area contributed by atoms with Crippen LogP contribution in [0.15, 0.2) is 18.2 Å². The number of aryl methyl sites for hydroxylation is 1. The Balaban J connectivity index is 1.86. The van der Waals surface area contributed by atoms with Crippen molar-refractivity contribution in [2.24, 2.45) is 0 Å². The molecule has 0 aliphatic carbocycles. The lowest BCUT2D eigenvalue weighted by Crippen LogP contribution is -2.16. The van der Waals surface area contributed by atoms with Crippen LogP contribution in [0, 0.1) is 6.92 Å². The summed E-state index contributed by atoms with van der Waals surface area (Å²) in [6, 6.07) is 6.23. The minimum Gasteiger partial charge on any atom is -0.490 e. The number of ether oxygens (including phenoxy) is 2. The van der Waals surface area contributed by atoms with Gasteiger partial charge in [0.2, 0.25) is 0 Å². The van der Waals surface area contributed by atoms with Crippen LogP contribution >= 0.6 is 0 Å². The Bertz CT molecular complexity index is 412. The third-order valence-corrected chi connectivity index (χ3v) is 3.01. The maximum atomic E-state index is 11.3. The second kappa shape index (κ2) is 5.32. The molecule has 92 valence electrons. The van der Waals surface area contributed by atoms with Crippen LogP contribution in [-0.2, 0) is 16.0 Å². The molecule has 0 saturated carbocycles. The zero-order valence-electron chi connectivity index (χ0n) is 10.4. The van der Waals surface area contributed by atoms with Gasteiger partial charge in [0.1, 0.15) is 18.5 Å². The highest BCUT2D eigenvalue weighted by atomic mass is 16.5. The molecule has 1 heterocycles. The predicted molar refractivity (Wildman–Crippen MR) is 65.4 cm³/mol. The lowest BCUT2D eigenvalue weighted by Gasteiger charge is -2.09. The van der Waals surface area contributed by atoms with Crippen LogP contribution in [0.4, 0.5) is 0 Å². The van der Waals surface area contributed by atoms with Gasteiger partial charge in [-0.15, -0.1) is 0 Å². The summed E-state index contributed by atoms with van der Waals surface area (Å²) in [6.07, 6.45) is 2.37. The first-order chi connectivity index (χ1) is 8.19. The number of carbonyl (C=O) groups excluding carboxylic acids is 1. The van der Waals surface area contributed by atoms with Crippen LogP contribution in [0.2, 0.25) is 0 Å². The molecule has 17 heavy (non-hydrogen) atoms. The van der Waals surface area contributed by atoms with Crippen molar-refractivity contribution < 1.29 is 14.3 Å². The van der Waals surface area contributed by atoms with Crippen molar-refractivity contribution in [2.45, 2.75) is 32.3 Å². The molecular weight excluding hydrogens is 216 g/mol. The Hall–Kier alpha value is -1.35. The Morgan fingerprint density at radius 1 is 1.53 bits per heavy atom. The number of benzene rings is 1. The lowest BCUT2D eigenvalue weighted by atomic mass is 10.0. The molecule has 1 aliphatic rings. The van der Waals surface area contributed by atoms with Crippen molar-refractivity contribution in [1.29, 1.82) is 0 Å². The second-order valence-electron chi connectivity index (χ2n) is 4.57. The van der Waals surface area contributed by atoms with Crippen LogP contribution in [0.5, 0.6) is 5.75 Å². The van der Waals surface area contributed by atoms with Crippen molar-refractivity contribution in [1.82, 2.24) is 0 Å². The average Bonchev–Trinajstić information content (AvgIpc) is 2.68. The molecule has 1 aromatic rings. The Morgan fingerprint density at radius 3 is 3.12 bits per heavy atom. The first-order valence-electron chi connectivity index (χ1n) is 5.96. The second-order valence-corrected chi connectivity index (χ2v) is 4.57. The molecule has 0 bridgehead atoms. The van der Waals surface area contributed by atoms with Crippen LogP contribution < -0.4 is 4.74 Å². The van der Waals surface area contributed by atoms with Gasteiger partial charge in [0.25, 0.3) is 0 Å². The standard InChI is InChI=1S/C14H18O3/c1-10-3-6-14-11(7-10)8-13(17-14)5-4-12(15)9-16-2/h3,6-7,13H,4-5,8-9H2,1-2H3. The fraction of sp³-hybridized carbons (Fsp3) is 0.500. The molecule has 1 aromatic carbocycles. The third kappa shape index (κ3) is 3.07. The maximum Gasteiger partial charge on any atom is 0.158 e. The zero-order chi connectivity index (χ0) is 12.3. The van der Waals surface area contributed by atoms with Crippen molar-refractivity contribution >= 4 is 5.78 Å².